The number of furan rings is 2. The van der Waals surface area contributed by atoms with Gasteiger partial charge in [0.15, 0.2) is 0 Å². The maximum atomic E-state index is 6.86. The van der Waals surface area contributed by atoms with Gasteiger partial charge in [-0.3, -0.25) is 0 Å². The number of benzene rings is 10. The van der Waals surface area contributed by atoms with Gasteiger partial charge in [0.25, 0.3) is 0 Å². The normalized spacial score (nSPS) is 15.8. The predicted molar refractivity (Wildman–Crippen MR) is 259 cm³/mol. The van der Waals surface area contributed by atoms with Crippen molar-refractivity contribution in [2.45, 2.75) is 11.8 Å². The van der Waals surface area contributed by atoms with Crippen molar-refractivity contribution in [3.63, 3.8) is 0 Å². The molecule has 0 amide bonds. The molecular formula is C60H36O2. The molecule has 0 saturated carbocycles. The van der Waals surface area contributed by atoms with E-state index in [1.165, 1.54) is 71.3 Å². The average molecular weight is 789 g/mol. The second-order valence-corrected chi connectivity index (χ2v) is 17.1. The first-order valence-corrected chi connectivity index (χ1v) is 21.6. The summed E-state index contributed by atoms with van der Waals surface area (Å²) in [5.41, 5.74) is 15.7. The van der Waals surface area contributed by atoms with Crippen molar-refractivity contribution in [1.82, 2.24) is 0 Å². The first-order valence-electron chi connectivity index (χ1n) is 21.6. The third kappa shape index (κ3) is 4.81. The molecule has 2 atom stereocenters. The van der Waals surface area contributed by atoms with Gasteiger partial charge in [-0.15, -0.1) is 0 Å². The molecule has 2 heterocycles. The molecule has 10 aromatic carbocycles. The van der Waals surface area contributed by atoms with E-state index in [2.05, 4.69) is 206 Å². The van der Waals surface area contributed by atoms with Gasteiger partial charge in [0.05, 0.1) is 5.56 Å². The van der Waals surface area contributed by atoms with Gasteiger partial charge in [-0.1, -0.05) is 170 Å². The minimum atomic E-state index is 0.259. The molecule has 2 heteroatoms. The van der Waals surface area contributed by atoms with Crippen LogP contribution in [0.1, 0.15) is 28.5 Å². The fraction of sp³-hybridized carbons (Fsp3) is 0.0333. The highest BCUT2D eigenvalue weighted by Gasteiger charge is 2.33. The molecule has 62 heavy (non-hydrogen) atoms. The summed E-state index contributed by atoms with van der Waals surface area (Å²) in [4.78, 5) is 0. The minimum absolute atomic E-state index is 0.259. The quantitative estimate of drug-likeness (QED) is 0.167. The number of allylic oxidation sites excluding steroid dienone is 4. The summed E-state index contributed by atoms with van der Waals surface area (Å²) in [7, 11) is 0. The summed E-state index contributed by atoms with van der Waals surface area (Å²) in [5, 5.41) is 12.0. The Bertz CT molecular complexity index is 3900. The summed E-state index contributed by atoms with van der Waals surface area (Å²) in [6.07, 6.45) is 7.23. The van der Waals surface area contributed by atoms with Gasteiger partial charge in [-0.2, -0.15) is 0 Å². The Labute approximate surface area is 357 Å². The smallest absolute Gasteiger partial charge is 0.147 e. The molecule has 0 bridgehead atoms. The van der Waals surface area contributed by atoms with Crippen LogP contribution in [0, 0.1) is 0 Å². The first kappa shape index (κ1) is 33.8. The fourth-order valence-electron chi connectivity index (χ4n) is 11.0. The monoisotopic (exact) mass is 788 g/mol. The Balaban J connectivity index is 0.955. The highest BCUT2D eigenvalue weighted by Crippen LogP contribution is 2.52. The molecule has 288 valence electrons. The number of hydrogen-bond donors (Lipinski definition) is 0. The van der Waals surface area contributed by atoms with E-state index in [-0.39, 0.29) is 5.92 Å². The van der Waals surface area contributed by atoms with Crippen LogP contribution in [0.5, 0.6) is 0 Å². The van der Waals surface area contributed by atoms with Crippen LogP contribution in [0.3, 0.4) is 0 Å². The molecule has 0 aliphatic heterocycles. The molecule has 0 radical (unpaired) electrons. The zero-order chi connectivity index (χ0) is 40.5. The van der Waals surface area contributed by atoms with Crippen LogP contribution < -0.4 is 0 Å². The Morgan fingerprint density at radius 3 is 1.45 bits per heavy atom. The summed E-state index contributed by atoms with van der Waals surface area (Å²) >= 11 is 0. The lowest BCUT2D eigenvalue weighted by Crippen LogP contribution is -2.17. The number of rotatable bonds is 3. The van der Waals surface area contributed by atoms with Crippen molar-refractivity contribution >= 4 is 81.8 Å². The Morgan fingerprint density at radius 1 is 0.323 bits per heavy atom. The molecule has 2 aliphatic rings. The molecule has 1 unspecified atom stereocenters. The second-order valence-electron chi connectivity index (χ2n) is 17.1. The van der Waals surface area contributed by atoms with Crippen LogP contribution in [-0.2, 0) is 0 Å². The van der Waals surface area contributed by atoms with E-state index >= 15 is 0 Å². The predicted octanol–water partition coefficient (Wildman–Crippen LogP) is 16.8. The zero-order valence-electron chi connectivity index (χ0n) is 33.6. The van der Waals surface area contributed by atoms with Crippen molar-refractivity contribution in [3.8, 4) is 33.4 Å². The molecule has 2 aliphatic carbocycles. The van der Waals surface area contributed by atoms with Gasteiger partial charge >= 0.3 is 0 Å². The fourth-order valence-corrected chi connectivity index (χ4v) is 11.0. The van der Waals surface area contributed by atoms with Gasteiger partial charge in [-0.05, 0) is 119 Å². The molecule has 2 nitrogen and oxygen atoms in total. The maximum Gasteiger partial charge on any atom is 0.147 e. The topological polar surface area (TPSA) is 26.3 Å². The van der Waals surface area contributed by atoms with E-state index in [1.807, 2.05) is 0 Å². The third-order valence-electron chi connectivity index (χ3n) is 13.8. The Kier molecular flexibility index (Phi) is 6.98. The van der Waals surface area contributed by atoms with Gasteiger partial charge in [0.1, 0.15) is 22.3 Å². The molecule has 0 N–H and O–H groups in total. The average Bonchev–Trinajstić information content (AvgIpc) is 3.90. The van der Waals surface area contributed by atoms with E-state index in [9.17, 15) is 0 Å². The maximum absolute atomic E-state index is 6.86. The van der Waals surface area contributed by atoms with Crippen molar-refractivity contribution < 1.29 is 8.83 Å². The van der Waals surface area contributed by atoms with Crippen molar-refractivity contribution in [2.75, 3.05) is 0 Å². The summed E-state index contributed by atoms with van der Waals surface area (Å²) in [6.45, 7) is 0. The van der Waals surface area contributed by atoms with Gasteiger partial charge < -0.3 is 8.83 Å². The molecule has 2 aromatic heterocycles. The van der Waals surface area contributed by atoms with Crippen LogP contribution in [0.2, 0.25) is 0 Å². The van der Waals surface area contributed by atoms with Gasteiger partial charge in [0.2, 0.25) is 0 Å². The lowest BCUT2D eigenvalue weighted by atomic mass is 9.69. The van der Waals surface area contributed by atoms with E-state index in [4.69, 9.17) is 8.83 Å². The van der Waals surface area contributed by atoms with Crippen LogP contribution in [0.15, 0.2) is 215 Å². The van der Waals surface area contributed by atoms with Crippen LogP contribution in [0.4, 0.5) is 0 Å². The van der Waals surface area contributed by atoms with Crippen molar-refractivity contribution in [3.05, 3.63) is 223 Å². The summed E-state index contributed by atoms with van der Waals surface area (Å²) in [6, 6.07) is 68.5. The summed E-state index contributed by atoms with van der Waals surface area (Å²) in [5.74, 6) is 0.563. The Morgan fingerprint density at radius 2 is 0.806 bits per heavy atom. The van der Waals surface area contributed by atoms with Crippen LogP contribution in [0.25, 0.3) is 115 Å². The molecule has 14 rings (SSSR count). The lowest BCUT2D eigenvalue weighted by molar-refractivity contribution is 0.658. The Hall–Kier alpha value is -7.94. The molecule has 0 fully saturated rings. The molecule has 12 aromatic rings. The van der Waals surface area contributed by atoms with E-state index < -0.39 is 0 Å². The molecular weight excluding hydrogens is 753 g/mol. The second kappa shape index (κ2) is 12.8. The number of hydrogen-bond acceptors (Lipinski definition) is 2. The minimum Gasteiger partial charge on any atom is -0.455 e. The van der Waals surface area contributed by atoms with Crippen molar-refractivity contribution in [2.24, 2.45) is 0 Å². The van der Waals surface area contributed by atoms with Crippen LogP contribution in [-0.4, -0.2) is 0 Å². The first-order chi connectivity index (χ1) is 30.7. The van der Waals surface area contributed by atoms with E-state index in [0.29, 0.717) is 5.92 Å². The van der Waals surface area contributed by atoms with E-state index in [1.54, 1.807) is 0 Å². The highest BCUT2D eigenvalue weighted by atomic mass is 16.3. The van der Waals surface area contributed by atoms with Gasteiger partial charge in [0, 0.05) is 33.4 Å². The van der Waals surface area contributed by atoms with E-state index in [0.717, 1.165) is 60.6 Å². The third-order valence-corrected chi connectivity index (χ3v) is 13.8. The van der Waals surface area contributed by atoms with Crippen molar-refractivity contribution in [1.29, 1.82) is 0 Å². The zero-order valence-corrected chi connectivity index (χ0v) is 33.6. The molecule has 0 spiro atoms. The highest BCUT2D eigenvalue weighted by molar-refractivity contribution is 6.26. The number of fused-ring (bicyclic) bond motifs is 18. The largest absolute Gasteiger partial charge is 0.455 e. The lowest BCUT2D eigenvalue weighted by Gasteiger charge is -2.35. The van der Waals surface area contributed by atoms with Gasteiger partial charge in [-0.25, -0.2) is 0 Å². The summed E-state index contributed by atoms with van der Waals surface area (Å²) < 4.78 is 13.7. The van der Waals surface area contributed by atoms with Crippen LogP contribution >= 0.6 is 0 Å². The SMILES string of the molecule is C1=C[C@@H]2c3ccccc3-c3ccccc3C2C=C1c1ccc2oc3c(-c4ccccc4)c4oc5ccc(-c6ccc7c8ccccc8c8ccccc8c7c6)cc5c4cc3c2c1. The molecule has 0 saturated heterocycles. The standard InChI is InChI=1S/C60H36O2/c1-2-12-35(13-3-1)58-59-54(52-32-38(24-28-56(52)61-59)36-22-26-48-44-18-6-4-14-40(44)42-16-8-10-20-46(42)50(48)30-36)34-55-53-33-39(25-29-57(53)62-60(55)58)37-23-27-49-45-19-7-5-15-41(45)43-17-9-11-21-47(43)51(49)31-37/h1-34,48,50H/t48-,50?/m1/s1.